The Bertz CT molecular complexity index is 1210. The summed E-state index contributed by atoms with van der Waals surface area (Å²) in [5.74, 6) is -0.166. The van der Waals surface area contributed by atoms with Crippen LogP contribution < -0.4 is 15.6 Å². The fourth-order valence-corrected chi connectivity index (χ4v) is 3.94. The zero-order valence-electron chi connectivity index (χ0n) is 17.9. The molecule has 3 aromatic carbocycles. The molecule has 0 saturated heterocycles. The second-order valence-electron chi connectivity index (χ2n) is 7.45. The van der Waals surface area contributed by atoms with Gasteiger partial charge >= 0.3 is 0 Å². The van der Waals surface area contributed by atoms with Crippen LogP contribution in [0.3, 0.4) is 0 Å². The predicted molar refractivity (Wildman–Crippen MR) is 130 cm³/mol. The highest BCUT2D eigenvalue weighted by Crippen LogP contribution is 2.23. The molecule has 0 aliphatic carbocycles. The first-order valence-corrected chi connectivity index (χ1v) is 11.3. The molecule has 0 atom stereocenters. The van der Waals surface area contributed by atoms with E-state index in [0.717, 1.165) is 10.5 Å². The second kappa shape index (κ2) is 10.1. The van der Waals surface area contributed by atoms with Gasteiger partial charge in [0.1, 0.15) is 5.84 Å². The number of anilines is 2. The Balaban J connectivity index is 1.31. The van der Waals surface area contributed by atoms with E-state index in [-0.39, 0.29) is 29.9 Å². The Hall–Kier alpha value is -3.91. The summed E-state index contributed by atoms with van der Waals surface area (Å²) in [6.07, 6.45) is 0.0474. The normalized spacial score (nSPS) is 12.9. The van der Waals surface area contributed by atoms with Crippen LogP contribution in [0, 0.1) is 6.92 Å². The van der Waals surface area contributed by atoms with E-state index in [2.05, 4.69) is 15.7 Å². The highest BCUT2D eigenvalue weighted by Gasteiger charge is 2.26. The number of amides is 3. The predicted octanol–water partition coefficient (Wildman–Crippen LogP) is 4.21. The van der Waals surface area contributed by atoms with Crippen LogP contribution in [0.4, 0.5) is 11.4 Å². The van der Waals surface area contributed by atoms with E-state index in [0.29, 0.717) is 22.8 Å². The molecule has 8 heteroatoms. The third kappa shape index (κ3) is 5.87. The van der Waals surface area contributed by atoms with Gasteiger partial charge < -0.3 is 10.6 Å². The number of thioether (sulfide) groups is 1. The molecule has 0 unspecified atom stereocenters. The Labute approximate surface area is 195 Å². The molecular formula is C25H22N4O3S. The summed E-state index contributed by atoms with van der Waals surface area (Å²) < 4.78 is 0. The van der Waals surface area contributed by atoms with Crippen LogP contribution >= 0.6 is 11.8 Å². The van der Waals surface area contributed by atoms with Crippen molar-refractivity contribution in [3.05, 3.63) is 90.0 Å². The fourth-order valence-electron chi connectivity index (χ4n) is 3.19. The summed E-state index contributed by atoms with van der Waals surface area (Å²) in [4.78, 5) is 37.9. The van der Waals surface area contributed by atoms with Crippen molar-refractivity contribution in [2.75, 3.05) is 16.1 Å². The molecule has 0 bridgehead atoms. The maximum atomic E-state index is 12.4. The van der Waals surface area contributed by atoms with Gasteiger partial charge in [-0.3, -0.25) is 14.4 Å². The first kappa shape index (κ1) is 22.3. The van der Waals surface area contributed by atoms with E-state index in [9.17, 15) is 14.4 Å². The number of rotatable bonds is 6. The van der Waals surface area contributed by atoms with E-state index >= 15 is 0 Å². The first-order valence-electron chi connectivity index (χ1n) is 10.3. The quantitative estimate of drug-likeness (QED) is 0.542. The Kier molecular flexibility index (Phi) is 6.85. The van der Waals surface area contributed by atoms with Gasteiger partial charge in [0.25, 0.3) is 11.8 Å². The molecule has 3 amide bonds. The number of nitrogens with zero attached hydrogens (tertiary/aromatic N) is 2. The minimum atomic E-state index is -0.254. The Morgan fingerprint density at radius 3 is 2.48 bits per heavy atom. The van der Waals surface area contributed by atoms with Crippen molar-refractivity contribution in [2.24, 2.45) is 5.10 Å². The van der Waals surface area contributed by atoms with E-state index in [1.807, 2.05) is 55.5 Å². The molecular weight excluding hydrogens is 436 g/mol. The third-order valence-electron chi connectivity index (χ3n) is 4.84. The van der Waals surface area contributed by atoms with Gasteiger partial charge in [-0.05, 0) is 49.4 Å². The molecule has 166 valence electrons. The summed E-state index contributed by atoms with van der Waals surface area (Å²) >= 11 is 1.33. The van der Waals surface area contributed by atoms with Crippen molar-refractivity contribution in [3.63, 3.8) is 0 Å². The van der Waals surface area contributed by atoms with Gasteiger partial charge in [0.2, 0.25) is 5.91 Å². The maximum absolute atomic E-state index is 12.4. The van der Waals surface area contributed by atoms with Gasteiger partial charge in [-0.2, -0.15) is 10.1 Å². The Morgan fingerprint density at radius 2 is 1.73 bits per heavy atom. The smallest absolute Gasteiger partial charge is 0.255 e. The molecule has 0 aromatic heterocycles. The molecule has 1 aliphatic heterocycles. The average molecular weight is 459 g/mol. The van der Waals surface area contributed by atoms with Gasteiger partial charge in [-0.1, -0.05) is 42.0 Å². The zero-order valence-corrected chi connectivity index (χ0v) is 18.8. The average Bonchev–Trinajstić information content (AvgIpc) is 3.18. The zero-order chi connectivity index (χ0) is 23.2. The number of aryl methyl sites for hydroxylation is 1. The lowest BCUT2D eigenvalue weighted by Gasteiger charge is -2.10. The summed E-state index contributed by atoms with van der Waals surface area (Å²) in [6.45, 7) is 1.97. The molecule has 0 radical (unpaired) electrons. The van der Waals surface area contributed by atoms with Crippen molar-refractivity contribution in [1.82, 2.24) is 5.32 Å². The molecule has 2 N–H and O–H groups in total. The molecule has 33 heavy (non-hydrogen) atoms. The SMILES string of the molecule is Cc1ccc(C(=O)Nc2cccc(SCC(=O)NC3=NN(c4ccccc4)C(=O)C3)c2)cc1. The maximum Gasteiger partial charge on any atom is 0.255 e. The van der Waals surface area contributed by atoms with E-state index in [4.69, 9.17) is 0 Å². The number of carbonyl (C=O) groups is 3. The number of hydrogen-bond donors (Lipinski definition) is 2. The van der Waals surface area contributed by atoms with Gasteiger partial charge in [-0.15, -0.1) is 11.8 Å². The lowest BCUT2D eigenvalue weighted by atomic mass is 10.1. The van der Waals surface area contributed by atoms with Crippen molar-refractivity contribution in [2.45, 2.75) is 18.2 Å². The Morgan fingerprint density at radius 1 is 0.970 bits per heavy atom. The van der Waals surface area contributed by atoms with Crippen molar-refractivity contribution >= 4 is 46.7 Å². The number of hydrogen-bond acceptors (Lipinski definition) is 5. The summed E-state index contributed by atoms with van der Waals surface area (Å²) in [6, 6.07) is 23.7. The van der Waals surface area contributed by atoms with E-state index < -0.39 is 0 Å². The number of para-hydroxylation sites is 1. The molecule has 1 heterocycles. The summed E-state index contributed by atoms with van der Waals surface area (Å²) in [5, 5.41) is 11.1. The van der Waals surface area contributed by atoms with Crippen LogP contribution in [0.1, 0.15) is 22.3 Å². The van der Waals surface area contributed by atoms with Crippen LogP contribution in [0.5, 0.6) is 0 Å². The van der Waals surface area contributed by atoms with Gasteiger partial charge in [0, 0.05) is 16.1 Å². The molecule has 0 spiro atoms. The summed E-state index contributed by atoms with van der Waals surface area (Å²) in [7, 11) is 0. The highest BCUT2D eigenvalue weighted by molar-refractivity contribution is 8.00. The molecule has 3 aromatic rings. The van der Waals surface area contributed by atoms with Crippen LogP contribution in [0.15, 0.2) is 88.9 Å². The molecule has 0 saturated carbocycles. The largest absolute Gasteiger partial charge is 0.322 e. The minimum Gasteiger partial charge on any atom is -0.322 e. The number of nitrogens with one attached hydrogen (secondary N) is 2. The highest BCUT2D eigenvalue weighted by atomic mass is 32.2. The minimum absolute atomic E-state index is 0.0474. The standard InChI is InChI=1S/C25H22N4O3S/c1-17-10-12-18(13-11-17)25(32)26-19-6-5-9-21(14-19)33-16-23(30)27-22-15-24(31)29(28-22)20-7-3-2-4-8-20/h2-14H,15-16H2,1H3,(H,26,32)(H,27,28,30). The number of benzene rings is 3. The van der Waals surface area contributed by atoms with Crippen LogP contribution in [0.2, 0.25) is 0 Å². The van der Waals surface area contributed by atoms with E-state index in [1.54, 1.807) is 30.3 Å². The van der Waals surface area contributed by atoms with Crippen molar-refractivity contribution in [1.29, 1.82) is 0 Å². The van der Waals surface area contributed by atoms with Gasteiger partial charge in [0.05, 0.1) is 17.9 Å². The van der Waals surface area contributed by atoms with Crippen molar-refractivity contribution in [3.8, 4) is 0 Å². The summed E-state index contributed by atoms with van der Waals surface area (Å²) in [5.41, 5.74) is 2.97. The number of carbonyl (C=O) groups excluding carboxylic acids is 3. The lowest BCUT2D eigenvalue weighted by molar-refractivity contribution is -0.117. The van der Waals surface area contributed by atoms with Crippen LogP contribution in [0.25, 0.3) is 0 Å². The van der Waals surface area contributed by atoms with Gasteiger partial charge in [0.15, 0.2) is 0 Å². The lowest BCUT2D eigenvalue weighted by Crippen LogP contribution is -2.31. The molecule has 4 rings (SSSR count). The fraction of sp³-hybridized carbons (Fsp3) is 0.120. The second-order valence-corrected chi connectivity index (χ2v) is 8.50. The van der Waals surface area contributed by atoms with Gasteiger partial charge in [-0.25, -0.2) is 0 Å². The third-order valence-corrected chi connectivity index (χ3v) is 5.83. The van der Waals surface area contributed by atoms with E-state index in [1.165, 1.54) is 16.8 Å². The van der Waals surface area contributed by atoms with Crippen LogP contribution in [-0.4, -0.2) is 29.3 Å². The number of amidine groups is 1. The molecule has 7 nitrogen and oxygen atoms in total. The van der Waals surface area contributed by atoms with Crippen molar-refractivity contribution < 1.29 is 14.4 Å². The first-order chi connectivity index (χ1) is 16.0. The molecule has 0 fully saturated rings. The topological polar surface area (TPSA) is 90.9 Å². The molecule has 1 aliphatic rings. The monoisotopic (exact) mass is 458 g/mol. The van der Waals surface area contributed by atoms with Crippen LogP contribution in [-0.2, 0) is 9.59 Å². The number of hydrazone groups is 1.